The highest BCUT2D eigenvalue weighted by atomic mass is 79.9. The molecule has 4 nitrogen and oxygen atoms in total. The van der Waals surface area contributed by atoms with Crippen LogP contribution in [0.5, 0.6) is 0 Å². The van der Waals surface area contributed by atoms with Crippen LogP contribution in [0.2, 0.25) is 0 Å². The van der Waals surface area contributed by atoms with Crippen molar-refractivity contribution in [2.45, 2.75) is 116 Å². The molecule has 0 aromatic heterocycles. The molecule has 5 heteroatoms. The summed E-state index contributed by atoms with van der Waals surface area (Å²) in [6.07, 6.45) is 21.0. The summed E-state index contributed by atoms with van der Waals surface area (Å²) in [6, 6.07) is 0. The minimum atomic E-state index is -0.954. The molecule has 0 radical (unpaired) electrons. The highest BCUT2D eigenvalue weighted by molar-refractivity contribution is 9.09. The summed E-state index contributed by atoms with van der Waals surface area (Å²) >= 11 is 3.44. The fourth-order valence-corrected chi connectivity index (χ4v) is 5.26. The van der Waals surface area contributed by atoms with Gasteiger partial charge in [0.1, 0.15) is 0 Å². The summed E-state index contributed by atoms with van der Waals surface area (Å²) in [5.74, 6) is -0.817. The summed E-state index contributed by atoms with van der Waals surface area (Å²) in [5.41, 5.74) is 0.0122. The number of carbonyl (C=O) groups excluding carboxylic acids is 1. The van der Waals surface area contributed by atoms with E-state index in [0.29, 0.717) is 19.8 Å². The number of ether oxygens (including phenoxy) is 2. The van der Waals surface area contributed by atoms with Crippen molar-refractivity contribution >= 4 is 21.9 Å². The normalized spacial score (nSPS) is 16.2. The summed E-state index contributed by atoms with van der Waals surface area (Å²) < 4.78 is 11.4. The average Bonchev–Trinajstić information content (AvgIpc) is 2.71. The molecule has 0 spiro atoms. The van der Waals surface area contributed by atoms with Crippen molar-refractivity contribution in [3.05, 3.63) is 0 Å². The van der Waals surface area contributed by atoms with E-state index in [2.05, 4.69) is 22.9 Å². The highest BCUT2D eigenvalue weighted by Gasteiger charge is 2.40. The molecule has 0 aromatic carbocycles. The zero-order valence-corrected chi connectivity index (χ0v) is 21.7. The van der Waals surface area contributed by atoms with Crippen molar-refractivity contribution in [3.8, 4) is 0 Å². The van der Waals surface area contributed by atoms with Gasteiger partial charge in [-0.25, -0.2) is 0 Å². The lowest BCUT2D eigenvalue weighted by Gasteiger charge is -2.43. The van der Waals surface area contributed by atoms with Crippen molar-refractivity contribution in [1.29, 1.82) is 0 Å². The summed E-state index contributed by atoms with van der Waals surface area (Å²) in [4.78, 5) is 11.0. The second-order valence-corrected chi connectivity index (χ2v) is 10.6. The second kappa shape index (κ2) is 19.3. The first kappa shape index (κ1) is 28.9. The number of hydrogen-bond acceptors (Lipinski definition) is 4. The molecule has 1 atom stereocenters. The van der Waals surface area contributed by atoms with Crippen molar-refractivity contribution in [2.75, 3.05) is 31.8 Å². The molecule has 1 heterocycles. The molecular formula is C26H48BrO4-. The first-order chi connectivity index (χ1) is 15.1. The molecule has 0 amide bonds. The van der Waals surface area contributed by atoms with Gasteiger partial charge in [0.05, 0.1) is 19.8 Å². The Hall–Kier alpha value is -0.130. The van der Waals surface area contributed by atoms with Gasteiger partial charge in [-0.3, -0.25) is 0 Å². The third kappa shape index (κ3) is 15.4. The van der Waals surface area contributed by atoms with Gasteiger partial charge >= 0.3 is 0 Å². The molecule has 0 aliphatic carbocycles. The van der Waals surface area contributed by atoms with Crippen molar-refractivity contribution in [2.24, 2.45) is 11.3 Å². The Labute approximate surface area is 200 Å². The molecule has 0 saturated carbocycles. The van der Waals surface area contributed by atoms with Crippen LogP contribution in [0.1, 0.15) is 116 Å². The summed E-state index contributed by atoms with van der Waals surface area (Å²) in [5, 5.41) is 11.8. The molecule has 1 rings (SSSR count). The van der Waals surface area contributed by atoms with Crippen LogP contribution in [0.3, 0.4) is 0 Å². The van der Waals surface area contributed by atoms with Gasteiger partial charge in [0.2, 0.25) is 0 Å². The molecule has 1 aliphatic heterocycles. The highest BCUT2D eigenvalue weighted by Crippen LogP contribution is 2.37. The zero-order valence-electron chi connectivity index (χ0n) is 20.1. The van der Waals surface area contributed by atoms with E-state index in [-0.39, 0.29) is 17.8 Å². The number of unbranched alkanes of at least 4 members (excludes halogenated alkanes) is 13. The number of rotatable bonds is 23. The van der Waals surface area contributed by atoms with E-state index in [0.717, 1.165) is 31.2 Å². The van der Waals surface area contributed by atoms with Gasteiger partial charge in [0, 0.05) is 23.3 Å². The first-order valence-corrected chi connectivity index (χ1v) is 14.2. The van der Waals surface area contributed by atoms with Crippen molar-refractivity contribution < 1.29 is 19.4 Å². The lowest BCUT2D eigenvalue weighted by atomic mass is 9.76. The van der Waals surface area contributed by atoms with Crippen LogP contribution < -0.4 is 5.11 Å². The Bertz CT molecular complexity index is 426. The number of aliphatic carboxylic acids is 1. The molecular weight excluding hydrogens is 456 g/mol. The van der Waals surface area contributed by atoms with E-state index in [4.69, 9.17) is 9.47 Å². The van der Waals surface area contributed by atoms with E-state index in [9.17, 15) is 9.90 Å². The van der Waals surface area contributed by atoms with Gasteiger partial charge in [0.25, 0.3) is 0 Å². The van der Waals surface area contributed by atoms with E-state index < -0.39 is 5.97 Å². The first-order valence-electron chi connectivity index (χ1n) is 13.0. The predicted molar refractivity (Wildman–Crippen MR) is 131 cm³/mol. The standard InChI is InChI=1S/C26H49BrO4/c1-2-3-4-5-6-7-8-9-10-11-12-13-14-15-18-30-21-26(22-31-23-26)20-24(16-17-27)19-25(28)29/h24H,2-23H2,1H3,(H,28,29)/p-1. The maximum Gasteiger partial charge on any atom is 0.0567 e. The number of carboxylic acid groups (broad SMARTS) is 1. The fourth-order valence-electron chi connectivity index (χ4n) is 4.62. The molecule has 1 aliphatic rings. The van der Waals surface area contributed by atoms with Gasteiger partial charge < -0.3 is 19.4 Å². The molecule has 31 heavy (non-hydrogen) atoms. The third-order valence-electron chi connectivity index (χ3n) is 6.56. The van der Waals surface area contributed by atoms with E-state index in [1.807, 2.05) is 0 Å². The van der Waals surface area contributed by atoms with Crippen LogP contribution in [-0.4, -0.2) is 37.7 Å². The van der Waals surface area contributed by atoms with Crippen LogP contribution >= 0.6 is 15.9 Å². The molecule has 0 bridgehead atoms. The number of carboxylic acids is 1. The van der Waals surface area contributed by atoms with Gasteiger partial charge in [-0.05, 0) is 31.6 Å². The van der Waals surface area contributed by atoms with Crippen LogP contribution in [-0.2, 0) is 14.3 Å². The minimum absolute atomic E-state index is 0.0122. The Balaban J connectivity index is 1.94. The third-order valence-corrected chi connectivity index (χ3v) is 7.02. The predicted octanol–water partition coefficient (Wildman–Crippen LogP) is 6.43. The Morgan fingerprint density at radius 1 is 0.935 bits per heavy atom. The summed E-state index contributed by atoms with van der Waals surface area (Å²) in [6.45, 7) is 5.16. The quantitative estimate of drug-likeness (QED) is 0.119. The SMILES string of the molecule is CCCCCCCCCCCCCCCCOCC1(CC(CCBr)CC(=O)[O-])COC1. The molecule has 0 N–H and O–H groups in total. The average molecular weight is 505 g/mol. The van der Waals surface area contributed by atoms with Crippen LogP contribution in [0.25, 0.3) is 0 Å². The van der Waals surface area contributed by atoms with Crippen LogP contribution in [0.15, 0.2) is 0 Å². The molecule has 1 unspecified atom stereocenters. The summed E-state index contributed by atoms with van der Waals surface area (Å²) in [7, 11) is 0. The lowest BCUT2D eigenvalue weighted by molar-refractivity contribution is -0.307. The monoisotopic (exact) mass is 503 g/mol. The van der Waals surface area contributed by atoms with E-state index in [1.54, 1.807) is 0 Å². The van der Waals surface area contributed by atoms with Gasteiger partial charge in [-0.2, -0.15) is 0 Å². The van der Waals surface area contributed by atoms with Crippen LogP contribution in [0, 0.1) is 11.3 Å². The Morgan fingerprint density at radius 3 is 1.87 bits per heavy atom. The Kier molecular flexibility index (Phi) is 18.0. The zero-order chi connectivity index (χ0) is 22.6. The number of halogens is 1. The number of carbonyl (C=O) groups is 1. The lowest BCUT2D eigenvalue weighted by Crippen LogP contribution is -2.48. The smallest absolute Gasteiger partial charge is 0.0567 e. The molecule has 1 saturated heterocycles. The molecule has 1 fully saturated rings. The minimum Gasteiger partial charge on any atom is -0.550 e. The van der Waals surface area contributed by atoms with Crippen LogP contribution in [0.4, 0.5) is 0 Å². The second-order valence-electron chi connectivity index (χ2n) is 9.77. The van der Waals surface area contributed by atoms with Crippen molar-refractivity contribution in [1.82, 2.24) is 0 Å². The Morgan fingerprint density at radius 2 is 1.45 bits per heavy atom. The molecule has 0 aromatic rings. The maximum absolute atomic E-state index is 11.0. The largest absolute Gasteiger partial charge is 0.550 e. The van der Waals surface area contributed by atoms with E-state index >= 15 is 0 Å². The molecule has 184 valence electrons. The van der Waals surface area contributed by atoms with E-state index in [1.165, 1.54) is 83.5 Å². The number of hydrogen-bond donors (Lipinski definition) is 0. The van der Waals surface area contributed by atoms with Crippen molar-refractivity contribution in [3.63, 3.8) is 0 Å². The fraction of sp³-hybridized carbons (Fsp3) is 0.962. The maximum atomic E-state index is 11.0. The number of alkyl halides is 1. The van der Waals surface area contributed by atoms with Gasteiger partial charge in [0.15, 0.2) is 0 Å². The van der Waals surface area contributed by atoms with Gasteiger partial charge in [-0.15, -0.1) is 0 Å². The topological polar surface area (TPSA) is 58.6 Å². The van der Waals surface area contributed by atoms with Gasteiger partial charge in [-0.1, -0.05) is 106 Å².